The van der Waals surface area contributed by atoms with E-state index in [-0.39, 0.29) is 41.9 Å². The molecule has 192 valence electrons. The molecule has 2 unspecified atom stereocenters. The fourth-order valence-electron chi connectivity index (χ4n) is 4.52. The Labute approximate surface area is 216 Å². The number of hydrogen-bond donors (Lipinski definition) is 0. The Kier molecular flexibility index (Phi) is 8.91. The molecule has 6 nitrogen and oxygen atoms in total. The zero-order valence-electron chi connectivity index (χ0n) is 20.0. The average molecular weight is 578 g/mol. The first kappa shape index (κ1) is 27.5. The van der Waals surface area contributed by atoms with E-state index in [0.717, 1.165) is 12.1 Å². The number of rotatable bonds is 6. The lowest BCUT2D eigenvalue weighted by molar-refractivity contribution is -0.137. The number of piperidine rings is 1. The molecular formula is C24H29BrClF3N4O2. The Morgan fingerprint density at radius 3 is 2.49 bits per heavy atom. The minimum absolute atomic E-state index is 0.0116. The Morgan fingerprint density at radius 1 is 1.26 bits per heavy atom. The van der Waals surface area contributed by atoms with Gasteiger partial charge in [-0.1, -0.05) is 18.5 Å². The highest BCUT2D eigenvalue weighted by molar-refractivity contribution is 9.10. The van der Waals surface area contributed by atoms with Crippen LogP contribution in [0.1, 0.15) is 58.1 Å². The molecule has 0 bridgehead atoms. The van der Waals surface area contributed by atoms with Crippen molar-refractivity contribution in [1.29, 1.82) is 0 Å². The Balaban J connectivity index is 1.95. The summed E-state index contributed by atoms with van der Waals surface area (Å²) in [5, 5.41) is 0.0116. The molecule has 3 rings (SSSR count). The quantitative estimate of drug-likeness (QED) is 0.367. The molecule has 1 fully saturated rings. The second kappa shape index (κ2) is 11.3. The highest BCUT2D eigenvalue weighted by atomic mass is 79.9. The number of ether oxygens (including phenoxy) is 1. The molecule has 1 aromatic carbocycles. The summed E-state index contributed by atoms with van der Waals surface area (Å²) < 4.78 is 46.4. The number of halogens is 5. The molecule has 0 N–H and O–H groups in total. The molecule has 0 saturated carbocycles. The minimum Gasteiger partial charge on any atom is -0.447 e. The van der Waals surface area contributed by atoms with Crippen molar-refractivity contribution >= 4 is 39.6 Å². The van der Waals surface area contributed by atoms with Crippen LogP contribution in [0.25, 0.3) is 0 Å². The molecule has 1 aliphatic rings. The summed E-state index contributed by atoms with van der Waals surface area (Å²) in [6.45, 7) is 7.71. The third-order valence-corrected chi connectivity index (χ3v) is 6.61. The molecule has 11 heteroatoms. The molecule has 35 heavy (non-hydrogen) atoms. The third kappa shape index (κ3) is 7.00. The molecule has 3 atom stereocenters. The summed E-state index contributed by atoms with van der Waals surface area (Å²) in [5.74, 6) is 0.395. The summed E-state index contributed by atoms with van der Waals surface area (Å²) in [7, 11) is 0. The van der Waals surface area contributed by atoms with Gasteiger partial charge in [0.1, 0.15) is 0 Å². The third-order valence-electron chi connectivity index (χ3n) is 5.99. The van der Waals surface area contributed by atoms with Gasteiger partial charge in [0.25, 0.3) is 0 Å². The fraction of sp³-hybridized carbons (Fsp3) is 0.542. The van der Waals surface area contributed by atoms with Gasteiger partial charge < -0.3 is 14.5 Å². The van der Waals surface area contributed by atoms with E-state index in [0.29, 0.717) is 35.2 Å². The van der Waals surface area contributed by atoms with Crippen LogP contribution in [0.3, 0.4) is 0 Å². The second-order valence-electron chi connectivity index (χ2n) is 9.05. The zero-order valence-corrected chi connectivity index (χ0v) is 22.4. The molecule has 0 spiro atoms. The van der Waals surface area contributed by atoms with Crippen molar-refractivity contribution in [3.05, 3.63) is 51.2 Å². The number of carbonyl (C=O) groups is 1. The van der Waals surface area contributed by atoms with Gasteiger partial charge in [-0.25, -0.2) is 14.8 Å². The predicted octanol–water partition coefficient (Wildman–Crippen LogP) is 7.09. The Bertz CT molecular complexity index is 1020. The normalized spacial score (nSPS) is 20.7. The lowest BCUT2D eigenvalue weighted by Crippen LogP contribution is -2.56. The van der Waals surface area contributed by atoms with Crippen LogP contribution in [0, 0.1) is 0 Å². The monoisotopic (exact) mass is 576 g/mol. The van der Waals surface area contributed by atoms with Crippen molar-refractivity contribution in [3.63, 3.8) is 0 Å². The van der Waals surface area contributed by atoms with E-state index >= 15 is 0 Å². The van der Waals surface area contributed by atoms with E-state index in [1.165, 1.54) is 6.07 Å². The molecule has 1 aliphatic heterocycles. The van der Waals surface area contributed by atoms with Crippen molar-refractivity contribution in [2.45, 2.75) is 83.9 Å². The van der Waals surface area contributed by atoms with Crippen LogP contribution in [-0.4, -0.2) is 45.2 Å². The number of aromatic nitrogens is 2. The van der Waals surface area contributed by atoms with Crippen molar-refractivity contribution in [2.75, 3.05) is 4.90 Å². The number of carbonyl (C=O) groups excluding carboxylic acids is 1. The maximum absolute atomic E-state index is 13.4. The highest BCUT2D eigenvalue weighted by Gasteiger charge is 2.40. The van der Waals surface area contributed by atoms with Gasteiger partial charge in [0.2, 0.25) is 5.95 Å². The number of hydrogen-bond acceptors (Lipinski definition) is 5. The maximum Gasteiger partial charge on any atom is 0.416 e. The first-order chi connectivity index (χ1) is 16.4. The Hall–Kier alpha value is -2.07. The highest BCUT2D eigenvalue weighted by Crippen LogP contribution is 2.35. The van der Waals surface area contributed by atoms with Gasteiger partial charge in [0.05, 0.1) is 16.1 Å². The van der Waals surface area contributed by atoms with Crippen molar-refractivity contribution in [2.24, 2.45) is 0 Å². The summed E-state index contributed by atoms with van der Waals surface area (Å²) >= 11 is 9.37. The molecule has 0 radical (unpaired) electrons. The largest absolute Gasteiger partial charge is 0.447 e. The van der Waals surface area contributed by atoms with Gasteiger partial charge in [-0.3, -0.25) is 0 Å². The van der Waals surface area contributed by atoms with Gasteiger partial charge in [-0.05, 0) is 79.7 Å². The fourth-order valence-corrected chi connectivity index (χ4v) is 4.98. The molecule has 1 saturated heterocycles. The SMILES string of the molecule is CC[C@@H]1CC(N(Cc2cc(Cl)cc(C(F)(F)F)c2)c2ncc(Br)cn2)CC(C)N1C(=O)OC(C)C. The zero-order chi connectivity index (χ0) is 25.9. The lowest BCUT2D eigenvalue weighted by Gasteiger charge is -2.46. The summed E-state index contributed by atoms with van der Waals surface area (Å²) in [4.78, 5) is 25.3. The molecule has 2 heterocycles. The maximum atomic E-state index is 13.4. The van der Waals surface area contributed by atoms with Crippen LogP contribution in [0.2, 0.25) is 5.02 Å². The number of benzene rings is 1. The van der Waals surface area contributed by atoms with Crippen molar-refractivity contribution in [3.8, 4) is 0 Å². The smallest absolute Gasteiger partial charge is 0.416 e. The van der Waals surface area contributed by atoms with Crippen molar-refractivity contribution in [1.82, 2.24) is 14.9 Å². The number of anilines is 1. The van der Waals surface area contributed by atoms with Gasteiger partial charge >= 0.3 is 12.3 Å². The van der Waals surface area contributed by atoms with Crippen LogP contribution < -0.4 is 4.90 Å². The van der Waals surface area contributed by atoms with E-state index in [9.17, 15) is 18.0 Å². The minimum atomic E-state index is -4.51. The topological polar surface area (TPSA) is 58.6 Å². The van der Waals surface area contributed by atoms with Gasteiger partial charge in [-0.15, -0.1) is 0 Å². The van der Waals surface area contributed by atoms with Gasteiger partial charge in [0.15, 0.2) is 0 Å². The van der Waals surface area contributed by atoms with Gasteiger partial charge in [-0.2, -0.15) is 13.2 Å². The summed E-state index contributed by atoms with van der Waals surface area (Å²) in [6, 6.07) is 3.18. The van der Waals surface area contributed by atoms with E-state index in [2.05, 4.69) is 25.9 Å². The molecule has 1 aromatic heterocycles. The van der Waals surface area contributed by atoms with E-state index in [4.69, 9.17) is 16.3 Å². The van der Waals surface area contributed by atoms with Crippen LogP contribution in [0.15, 0.2) is 35.1 Å². The predicted molar refractivity (Wildman–Crippen MR) is 132 cm³/mol. The summed E-state index contributed by atoms with van der Waals surface area (Å²) in [5.41, 5.74) is -0.401. The molecule has 0 aliphatic carbocycles. The number of amides is 1. The van der Waals surface area contributed by atoms with Crippen molar-refractivity contribution < 1.29 is 22.7 Å². The summed E-state index contributed by atoms with van der Waals surface area (Å²) in [6.07, 6.45) is -0.0110. The number of nitrogens with zero attached hydrogens (tertiary/aromatic N) is 4. The van der Waals surface area contributed by atoms with Crippen LogP contribution in [-0.2, 0) is 17.5 Å². The lowest BCUT2D eigenvalue weighted by atomic mass is 9.89. The van der Waals surface area contributed by atoms with Crippen LogP contribution in [0.5, 0.6) is 0 Å². The van der Waals surface area contributed by atoms with Crippen LogP contribution in [0.4, 0.5) is 23.9 Å². The standard InChI is InChI=1S/C24H29BrClF3N4O2/c1-5-20-10-21(6-15(4)33(20)23(34)35-14(2)3)32(22-30-11-18(25)12-31-22)13-16-7-17(24(27,28)29)9-19(26)8-16/h7-9,11-12,14-15,20-21H,5-6,10,13H2,1-4H3/t15?,20-,21?/m1/s1. The molecule has 2 aromatic rings. The van der Waals surface area contributed by atoms with E-state index < -0.39 is 11.7 Å². The first-order valence-electron chi connectivity index (χ1n) is 11.5. The number of likely N-dealkylation sites (tertiary alicyclic amines) is 1. The van der Waals surface area contributed by atoms with Crippen LogP contribution >= 0.6 is 27.5 Å². The van der Waals surface area contributed by atoms with E-state index in [1.54, 1.807) is 17.3 Å². The molecular weight excluding hydrogens is 549 g/mol. The van der Waals surface area contributed by atoms with Gasteiger partial charge in [0, 0.05) is 42.1 Å². The molecule has 1 amide bonds. The second-order valence-corrected chi connectivity index (χ2v) is 10.4. The van der Waals surface area contributed by atoms with E-state index in [1.807, 2.05) is 32.6 Å². The number of alkyl halides is 3. The first-order valence-corrected chi connectivity index (χ1v) is 12.7. The Morgan fingerprint density at radius 2 is 1.91 bits per heavy atom. The average Bonchev–Trinajstić information content (AvgIpc) is 2.76.